The van der Waals surface area contributed by atoms with Crippen LogP contribution in [0.25, 0.3) is 11.3 Å². The van der Waals surface area contributed by atoms with Gasteiger partial charge in [0, 0.05) is 28.6 Å². The van der Waals surface area contributed by atoms with Crippen LogP contribution in [-0.2, 0) is 4.79 Å². The van der Waals surface area contributed by atoms with Gasteiger partial charge in [-0.2, -0.15) is 5.26 Å². The maximum Gasteiger partial charge on any atom is 0.152 e. The number of aliphatic imine (C=N–C) groups is 1. The number of nitriles is 1. The summed E-state index contributed by atoms with van der Waals surface area (Å²) in [6.07, 6.45) is 2.18. The smallest absolute Gasteiger partial charge is 0.152 e. The van der Waals surface area contributed by atoms with Gasteiger partial charge in [0.2, 0.25) is 0 Å². The van der Waals surface area contributed by atoms with Crippen LogP contribution < -0.4 is 0 Å². The van der Waals surface area contributed by atoms with E-state index in [-0.39, 0.29) is 16.8 Å². The Hall–Kier alpha value is -3.13. The molecule has 5 heteroatoms. The van der Waals surface area contributed by atoms with Crippen molar-refractivity contribution < 1.29 is 9.18 Å². The van der Waals surface area contributed by atoms with Crippen LogP contribution >= 0.6 is 0 Å². The van der Waals surface area contributed by atoms with Crippen molar-refractivity contribution >= 4 is 24.3 Å². The number of nitrogens with zero attached hydrogens (tertiary/aromatic N) is 3. The predicted octanol–water partition coefficient (Wildman–Crippen LogP) is 3.17. The SMILES string of the molecule is C=N/C(=C(\C=O)c1ccc(C)nc1)c1ccc(C#N)c(F)c1. The molecule has 0 fully saturated rings. The number of pyridine rings is 1. The van der Waals surface area contributed by atoms with E-state index in [4.69, 9.17) is 5.26 Å². The third-order valence-electron chi connectivity index (χ3n) is 3.12. The second-order valence-electron chi connectivity index (χ2n) is 4.53. The van der Waals surface area contributed by atoms with Crippen LogP contribution in [0.4, 0.5) is 4.39 Å². The first-order valence-corrected chi connectivity index (χ1v) is 6.40. The molecule has 22 heavy (non-hydrogen) atoms. The molecule has 0 saturated heterocycles. The van der Waals surface area contributed by atoms with E-state index in [1.807, 2.05) is 6.92 Å². The summed E-state index contributed by atoms with van der Waals surface area (Å²) < 4.78 is 13.8. The van der Waals surface area contributed by atoms with Gasteiger partial charge in [0.05, 0.1) is 11.3 Å². The average Bonchev–Trinajstić information content (AvgIpc) is 2.53. The minimum Gasteiger partial charge on any atom is -0.298 e. The second-order valence-corrected chi connectivity index (χ2v) is 4.53. The fourth-order valence-corrected chi connectivity index (χ4v) is 1.97. The van der Waals surface area contributed by atoms with E-state index in [0.717, 1.165) is 11.8 Å². The highest BCUT2D eigenvalue weighted by Gasteiger charge is 2.12. The molecule has 0 unspecified atom stereocenters. The lowest BCUT2D eigenvalue weighted by Gasteiger charge is -2.08. The monoisotopic (exact) mass is 293 g/mol. The Labute approximate surface area is 127 Å². The number of benzene rings is 1. The van der Waals surface area contributed by atoms with E-state index in [9.17, 15) is 9.18 Å². The standard InChI is InChI=1S/C17H12FN3O/c1-11-3-4-14(9-21-11)15(10-22)17(20-2)12-5-6-13(8-19)16(18)7-12/h3-7,9-10H,2H2,1H3/b17-15+. The third kappa shape index (κ3) is 2.96. The molecule has 2 rings (SSSR count). The number of aromatic nitrogens is 1. The van der Waals surface area contributed by atoms with Gasteiger partial charge >= 0.3 is 0 Å². The summed E-state index contributed by atoms with van der Waals surface area (Å²) in [7, 11) is 0. The van der Waals surface area contributed by atoms with Crippen LogP contribution in [0.15, 0.2) is 41.5 Å². The highest BCUT2D eigenvalue weighted by Crippen LogP contribution is 2.26. The van der Waals surface area contributed by atoms with E-state index < -0.39 is 5.82 Å². The van der Waals surface area contributed by atoms with Gasteiger partial charge in [0.15, 0.2) is 6.29 Å². The molecular formula is C17H12FN3O. The molecule has 0 amide bonds. The number of aldehydes is 1. The molecule has 0 aliphatic carbocycles. The molecule has 2 aromatic rings. The Morgan fingerprint density at radius 1 is 1.36 bits per heavy atom. The predicted molar refractivity (Wildman–Crippen MR) is 82.5 cm³/mol. The van der Waals surface area contributed by atoms with Gasteiger partial charge < -0.3 is 0 Å². The van der Waals surface area contributed by atoms with E-state index >= 15 is 0 Å². The zero-order valence-electron chi connectivity index (χ0n) is 11.9. The van der Waals surface area contributed by atoms with Crippen molar-refractivity contribution in [2.45, 2.75) is 6.92 Å². The molecule has 0 radical (unpaired) electrons. The molecule has 0 atom stereocenters. The number of carbonyl (C=O) groups is 1. The fourth-order valence-electron chi connectivity index (χ4n) is 1.97. The summed E-state index contributed by atoms with van der Waals surface area (Å²) in [5.74, 6) is -0.673. The average molecular weight is 293 g/mol. The van der Waals surface area contributed by atoms with Crippen molar-refractivity contribution in [3.63, 3.8) is 0 Å². The van der Waals surface area contributed by atoms with Gasteiger partial charge in [-0.05, 0) is 31.8 Å². The van der Waals surface area contributed by atoms with E-state index in [2.05, 4.69) is 16.7 Å². The molecule has 1 aromatic carbocycles. The summed E-state index contributed by atoms with van der Waals surface area (Å²) in [6.45, 7) is 5.28. The summed E-state index contributed by atoms with van der Waals surface area (Å²) in [4.78, 5) is 19.4. The third-order valence-corrected chi connectivity index (χ3v) is 3.12. The zero-order valence-corrected chi connectivity index (χ0v) is 11.9. The van der Waals surface area contributed by atoms with Crippen molar-refractivity contribution in [1.82, 2.24) is 4.98 Å². The number of carbonyl (C=O) groups excluding carboxylic acids is 1. The minimum atomic E-state index is -0.673. The first kappa shape index (κ1) is 15.3. The molecular weight excluding hydrogens is 281 g/mol. The molecule has 108 valence electrons. The lowest BCUT2D eigenvalue weighted by Crippen LogP contribution is -1.95. The van der Waals surface area contributed by atoms with Gasteiger partial charge in [0.25, 0.3) is 0 Å². The quantitative estimate of drug-likeness (QED) is 0.494. The number of allylic oxidation sites excluding steroid dienone is 1. The molecule has 0 spiro atoms. The van der Waals surface area contributed by atoms with E-state index in [1.54, 1.807) is 24.4 Å². The lowest BCUT2D eigenvalue weighted by atomic mass is 10.0. The Kier molecular flexibility index (Phi) is 4.54. The van der Waals surface area contributed by atoms with Crippen LogP contribution in [0, 0.1) is 24.1 Å². The van der Waals surface area contributed by atoms with Crippen molar-refractivity contribution in [3.8, 4) is 6.07 Å². The van der Waals surface area contributed by atoms with Crippen LogP contribution in [0.2, 0.25) is 0 Å². The van der Waals surface area contributed by atoms with Crippen LogP contribution in [0.5, 0.6) is 0 Å². The first-order chi connectivity index (χ1) is 10.6. The molecule has 0 N–H and O–H groups in total. The number of hydrogen-bond donors (Lipinski definition) is 0. The molecule has 4 nitrogen and oxygen atoms in total. The fraction of sp³-hybridized carbons (Fsp3) is 0.0588. The highest BCUT2D eigenvalue weighted by atomic mass is 19.1. The van der Waals surface area contributed by atoms with Crippen LogP contribution in [0.3, 0.4) is 0 Å². The van der Waals surface area contributed by atoms with Crippen molar-refractivity contribution in [2.24, 2.45) is 4.99 Å². The summed E-state index contributed by atoms with van der Waals surface area (Å²) in [5.41, 5.74) is 2.17. The van der Waals surface area contributed by atoms with Crippen molar-refractivity contribution in [3.05, 3.63) is 64.7 Å². The minimum absolute atomic E-state index is 0.0724. The maximum atomic E-state index is 13.8. The zero-order chi connectivity index (χ0) is 16.1. The van der Waals surface area contributed by atoms with Crippen LogP contribution in [-0.4, -0.2) is 18.0 Å². The molecule has 0 aliphatic rings. The van der Waals surface area contributed by atoms with E-state index in [0.29, 0.717) is 17.4 Å². The Bertz CT molecular complexity index is 802. The number of hydrogen-bond acceptors (Lipinski definition) is 4. The lowest BCUT2D eigenvalue weighted by molar-refractivity contribution is -0.103. The number of rotatable bonds is 4. The van der Waals surface area contributed by atoms with Gasteiger partial charge in [0.1, 0.15) is 11.9 Å². The highest BCUT2D eigenvalue weighted by molar-refractivity contribution is 6.17. The number of aryl methyl sites for hydroxylation is 1. The largest absolute Gasteiger partial charge is 0.298 e. The number of halogens is 1. The first-order valence-electron chi connectivity index (χ1n) is 6.40. The molecule has 1 aromatic heterocycles. The van der Waals surface area contributed by atoms with Gasteiger partial charge in [-0.15, -0.1) is 0 Å². The topological polar surface area (TPSA) is 66.1 Å². The normalized spacial score (nSPS) is 11.3. The Balaban J connectivity index is 2.63. The van der Waals surface area contributed by atoms with Crippen molar-refractivity contribution in [2.75, 3.05) is 0 Å². The Morgan fingerprint density at radius 3 is 2.59 bits per heavy atom. The second kappa shape index (κ2) is 6.55. The summed E-state index contributed by atoms with van der Waals surface area (Å²) >= 11 is 0. The molecule has 0 bridgehead atoms. The Morgan fingerprint density at radius 2 is 2.09 bits per heavy atom. The molecule has 0 saturated carbocycles. The van der Waals surface area contributed by atoms with Crippen LogP contribution in [0.1, 0.15) is 22.4 Å². The molecule has 1 heterocycles. The van der Waals surface area contributed by atoms with Gasteiger partial charge in [-0.25, -0.2) is 4.39 Å². The summed E-state index contributed by atoms with van der Waals surface area (Å²) in [6, 6.07) is 9.26. The maximum absolute atomic E-state index is 13.8. The van der Waals surface area contributed by atoms with E-state index in [1.165, 1.54) is 12.1 Å². The molecule has 0 aliphatic heterocycles. The summed E-state index contributed by atoms with van der Waals surface area (Å²) in [5, 5.41) is 8.76. The van der Waals surface area contributed by atoms with Crippen molar-refractivity contribution in [1.29, 1.82) is 5.26 Å². The van der Waals surface area contributed by atoms with Gasteiger partial charge in [-0.1, -0.05) is 12.1 Å². The van der Waals surface area contributed by atoms with Gasteiger partial charge in [-0.3, -0.25) is 14.8 Å².